The molecule has 0 bridgehead atoms. The van der Waals surface area contributed by atoms with E-state index in [1.807, 2.05) is 24.3 Å². The van der Waals surface area contributed by atoms with Crippen LogP contribution in [0.2, 0.25) is 0 Å². The number of nitrogens with two attached hydrogens (primary N) is 1. The van der Waals surface area contributed by atoms with Gasteiger partial charge in [0.2, 0.25) is 0 Å². The lowest BCUT2D eigenvalue weighted by molar-refractivity contribution is -0.147. The molecule has 5 nitrogen and oxygen atoms in total. The van der Waals surface area contributed by atoms with Crippen molar-refractivity contribution in [2.24, 2.45) is 11.7 Å². The first-order chi connectivity index (χ1) is 13.1. The molecule has 1 aliphatic heterocycles. The van der Waals surface area contributed by atoms with E-state index >= 15 is 0 Å². The highest BCUT2D eigenvalue weighted by molar-refractivity contribution is 5.95. The van der Waals surface area contributed by atoms with Crippen molar-refractivity contribution >= 4 is 24.2 Å². The number of hydrogen-bond donors (Lipinski definition) is 2. The van der Waals surface area contributed by atoms with Gasteiger partial charge in [-0.1, -0.05) is 48.5 Å². The van der Waals surface area contributed by atoms with Gasteiger partial charge in [-0.15, -0.1) is 12.4 Å². The van der Waals surface area contributed by atoms with Crippen LogP contribution in [0.3, 0.4) is 0 Å². The van der Waals surface area contributed by atoms with Gasteiger partial charge in [-0.2, -0.15) is 0 Å². The smallest absolute Gasteiger partial charge is 0.309 e. The fourth-order valence-electron chi connectivity index (χ4n) is 3.61. The quantitative estimate of drug-likeness (QED) is 0.441. The number of likely N-dealkylation sites (tertiary alicyclic amines) is 1. The Bertz CT molecular complexity index is 790. The molecule has 150 valence electrons. The third kappa shape index (κ3) is 5.57. The number of carbonyl (C=O) groups excluding carboxylic acids is 1. The average molecular weight is 402 g/mol. The SMILES string of the molecule is COC(=O)C1CCCN(CCc2ccc(-c3ccc(C(=N)N)cc3)cc2)C1.Cl. The molecule has 2 aromatic carbocycles. The number of hydrogen-bond acceptors (Lipinski definition) is 4. The minimum Gasteiger partial charge on any atom is -0.469 e. The second kappa shape index (κ2) is 10.2. The molecule has 1 heterocycles. The highest BCUT2D eigenvalue weighted by atomic mass is 35.5. The molecule has 0 spiro atoms. The summed E-state index contributed by atoms with van der Waals surface area (Å²) in [4.78, 5) is 14.1. The molecule has 28 heavy (non-hydrogen) atoms. The largest absolute Gasteiger partial charge is 0.469 e. The minimum absolute atomic E-state index is 0. The Labute approximate surface area is 172 Å². The summed E-state index contributed by atoms with van der Waals surface area (Å²) in [7, 11) is 1.47. The van der Waals surface area contributed by atoms with E-state index in [1.54, 1.807) is 0 Å². The summed E-state index contributed by atoms with van der Waals surface area (Å²) < 4.78 is 4.89. The van der Waals surface area contributed by atoms with Gasteiger partial charge in [-0.25, -0.2) is 0 Å². The van der Waals surface area contributed by atoms with Crippen molar-refractivity contribution in [2.75, 3.05) is 26.7 Å². The molecular weight excluding hydrogens is 374 g/mol. The van der Waals surface area contributed by atoms with Crippen LogP contribution in [-0.2, 0) is 16.0 Å². The van der Waals surface area contributed by atoms with E-state index in [4.69, 9.17) is 15.9 Å². The maximum absolute atomic E-state index is 11.7. The molecule has 6 heteroatoms. The standard InChI is InChI=1S/C22H27N3O2.ClH/c1-27-22(26)20-3-2-13-25(15-20)14-12-16-4-6-17(7-5-16)18-8-10-19(11-9-18)21(23)24;/h4-11,20H,2-3,12-15H2,1H3,(H3,23,24);1H. The number of nitrogens with zero attached hydrogens (tertiary/aromatic N) is 1. The Morgan fingerprint density at radius 1 is 1.14 bits per heavy atom. The molecule has 1 atom stereocenters. The third-order valence-corrected chi connectivity index (χ3v) is 5.24. The number of amidine groups is 1. The number of halogens is 1. The van der Waals surface area contributed by atoms with Crippen molar-refractivity contribution in [2.45, 2.75) is 19.3 Å². The molecule has 1 fully saturated rings. The number of rotatable bonds is 6. The van der Waals surface area contributed by atoms with Gasteiger partial charge in [0.05, 0.1) is 13.0 Å². The van der Waals surface area contributed by atoms with Gasteiger partial charge in [0.1, 0.15) is 5.84 Å². The molecule has 2 aromatic rings. The lowest BCUT2D eigenvalue weighted by atomic mass is 9.97. The highest BCUT2D eigenvalue weighted by Crippen LogP contribution is 2.21. The normalized spacial score (nSPS) is 16.8. The molecule has 3 N–H and O–H groups in total. The topological polar surface area (TPSA) is 79.4 Å². The lowest BCUT2D eigenvalue weighted by Gasteiger charge is -2.31. The molecule has 0 radical (unpaired) electrons. The molecule has 0 aliphatic carbocycles. The Kier molecular flexibility index (Phi) is 8.03. The summed E-state index contributed by atoms with van der Waals surface area (Å²) in [6, 6.07) is 16.3. The zero-order valence-electron chi connectivity index (χ0n) is 16.2. The van der Waals surface area contributed by atoms with Crippen molar-refractivity contribution in [1.82, 2.24) is 4.90 Å². The van der Waals surface area contributed by atoms with Gasteiger partial charge in [0.25, 0.3) is 0 Å². The van der Waals surface area contributed by atoms with Crippen molar-refractivity contribution in [3.63, 3.8) is 0 Å². The van der Waals surface area contributed by atoms with Crippen LogP contribution in [0.25, 0.3) is 11.1 Å². The number of esters is 1. The first-order valence-corrected chi connectivity index (χ1v) is 9.41. The van der Waals surface area contributed by atoms with Gasteiger partial charge in [-0.3, -0.25) is 10.2 Å². The summed E-state index contributed by atoms with van der Waals surface area (Å²) in [5.74, 6) is 0.0213. The fraction of sp³-hybridized carbons (Fsp3) is 0.364. The van der Waals surface area contributed by atoms with E-state index in [9.17, 15) is 4.79 Å². The maximum atomic E-state index is 11.7. The molecule has 0 aromatic heterocycles. The second-order valence-electron chi connectivity index (χ2n) is 7.10. The number of ether oxygens (including phenoxy) is 1. The molecule has 0 amide bonds. The molecule has 1 unspecified atom stereocenters. The van der Waals surface area contributed by atoms with Crippen LogP contribution in [0, 0.1) is 11.3 Å². The van der Waals surface area contributed by atoms with Gasteiger partial charge < -0.3 is 15.4 Å². The van der Waals surface area contributed by atoms with E-state index in [2.05, 4.69) is 29.2 Å². The van der Waals surface area contributed by atoms with Crippen LogP contribution < -0.4 is 5.73 Å². The lowest BCUT2D eigenvalue weighted by Crippen LogP contribution is -2.40. The second-order valence-corrected chi connectivity index (χ2v) is 7.10. The first-order valence-electron chi connectivity index (χ1n) is 9.41. The number of carbonyl (C=O) groups is 1. The Hall–Kier alpha value is -2.37. The molecule has 1 saturated heterocycles. The predicted molar refractivity (Wildman–Crippen MR) is 115 cm³/mol. The van der Waals surface area contributed by atoms with E-state index in [0.29, 0.717) is 0 Å². The molecule has 0 saturated carbocycles. The number of benzene rings is 2. The van der Waals surface area contributed by atoms with Gasteiger partial charge in [-0.05, 0) is 42.5 Å². The van der Waals surface area contributed by atoms with Gasteiger partial charge in [0, 0.05) is 18.7 Å². The summed E-state index contributed by atoms with van der Waals surface area (Å²) in [6.45, 7) is 2.81. The monoisotopic (exact) mass is 401 g/mol. The van der Waals surface area contributed by atoms with Crippen molar-refractivity contribution in [3.05, 3.63) is 59.7 Å². The van der Waals surface area contributed by atoms with Crippen LogP contribution in [0.1, 0.15) is 24.0 Å². The van der Waals surface area contributed by atoms with E-state index in [0.717, 1.165) is 55.6 Å². The predicted octanol–water partition coefficient (Wildman–Crippen LogP) is 3.49. The Morgan fingerprint density at radius 2 is 1.75 bits per heavy atom. The summed E-state index contributed by atoms with van der Waals surface area (Å²) in [5, 5.41) is 7.46. The summed E-state index contributed by atoms with van der Waals surface area (Å²) >= 11 is 0. The zero-order chi connectivity index (χ0) is 19.2. The van der Waals surface area contributed by atoms with Crippen LogP contribution in [0.15, 0.2) is 48.5 Å². The number of nitrogen functional groups attached to an aromatic ring is 1. The number of piperidine rings is 1. The van der Waals surface area contributed by atoms with Crippen LogP contribution in [-0.4, -0.2) is 43.4 Å². The summed E-state index contributed by atoms with van der Waals surface area (Å²) in [6.07, 6.45) is 2.95. The molecule has 1 aliphatic rings. The van der Waals surface area contributed by atoms with Gasteiger partial charge in [0.15, 0.2) is 0 Å². The van der Waals surface area contributed by atoms with Crippen molar-refractivity contribution in [3.8, 4) is 11.1 Å². The van der Waals surface area contributed by atoms with E-state index in [1.165, 1.54) is 12.7 Å². The van der Waals surface area contributed by atoms with Crippen molar-refractivity contribution in [1.29, 1.82) is 5.41 Å². The number of nitrogens with one attached hydrogen (secondary N) is 1. The third-order valence-electron chi connectivity index (χ3n) is 5.24. The minimum atomic E-state index is -0.0835. The van der Waals surface area contributed by atoms with E-state index < -0.39 is 0 Å². The Morgan fingerprint density at radius 3 is 2.32 bits per heavy atom. The maximum Gasteiger partial charge on any atom is 0.309 e. The highest BCUT2D eigenvalue weighted by Gasteiger charge is 2.25. The van der Waals surface area contributed by atoms with Crippen LogP contribution in [0.5, 0.6) is 0 Å². The van der Waals surface area contributed by atoms with Gasteiger partial charge >= 0.3 is 5.97 Å². The molecule has 3 rings (SSSR count). The Balaban J connectivity index is 0.00000280. The summed E-state index contributed by atoms with van der Waals surface area (Å²) in [5.41, 5.74) is 9.80. The van der Waals surface area contributed by atoms with Crippen LogP contribution >= 0.6 is 12.4 Å². The van der Waals surface area contributed by atoms with Crippen molar-refractivity contribution < 1.29 is 9.53 Å². The van der Waals surface area contributed by atoms with Crippen LogP contribution in [0.4, 0.5) is 0 Å². The number of methoxy groups -OCH3 is 1. The molecular formula is C22H28ClN3O2. The first kappa shape index (κ1) is 21.9. The van der Waals surface area contributed by atoms with E-state index in [-0.39, 0.29) is 30.1 Å². The fourth-order valence-corrected chi connectivity index (χ4v) is 3.61. The zero-order valence-corrected chi connectivity index (χ0v) is 17.0. The average Bonchev–Trinajstić information content (AvgIpc) is 2.72.